The molecule has 0 unspecified atom stereocenters. The van der Waals surface area contributed by atoms with Crippen LogP contribution in [0.4, 0.5) is 4.79 Å². The van der Waals surface area contributed by atoms with Crippen molar-refractivity contribution >= 4 is 12.2 Å². The van der Waals surface area contributed by atoms with Gasteiger partial charge in [-0.05, 0) is 26.0 Å². The summed E-state index contributed by atoms with van der Waals surface area (Å²) in [6, 6.07) is 6.71. The summed E-state index contributed by atoms with van der Waals surface area (Å²) in [6.45, 7) is 3.88. The van der Waals surface area contributed by atoms with Crippen LogP contribution in [0.2, 0.25) is 0 Å². The van der Waals surface area contributed by atoms with Gasteiger partial charge in [0.25, 0.3) is 0 Å². The Hall–Kier alpha value is -2.04. The zero-order valence-corrected chi connectivity index (χ0v) is 9.31. The highest BCUT2D eigenvalue weighted by molar-refractivity contribution is 5.84. The quantitative estimate of drug-likeness (QED) is 0.596. The van der Waals surface area contributed by atoms with E-state index in [2.05, 4.69) is 10.5 Å². The van der Waals surface area contributed by atoms with E-state index in [4.69, 9.17) is 10.5 Å². The standard InChI is InChI=1S/C11H15N3O2/c1-8(2)16-10-6-4-3-5-9(10)7-13-14-11(12)15/h3-8H,1-2H3,(H3,12,14,15)/b13-7+. The summed E-state index contributed by atoms with van der Waals surface area (Å²) < 4.78 is 5.57. The van der Waals surface area contributed by atoms with Gasteiger partial charge in [0.05, 0.1) is 12.3 Å². The topological polar surface area (TPSA) is 76.7 Å². The van der Waals surface area contributed by atoms with Crippen LogP contribution in [0.3, 0.4) is 0 Å². The highest BCUT2D eigenvalue weighted by Crippen LogP contribution is 2.17. The number of nitrogens with zero attached hydrogens (tertiary/aromatic N) is 1. The second-order valence-corrected chi connectivity index (χ2v) is 3.44. The molecule has 16 heavy (non-hydrogen) atoms. The minimum atomic E-state index is -0.696. The molecular formula is C11H15N3O2. The summed E-state index contributed by atoms with van der Waals surface area (Å²) in [5.74, 6) is 0.715. The number of hydrazone groups is 1. The van der Waals surface area contributed by atoms with Crippen LogP contribution < -0.4 is 15.9 Å². The molecule has 2 amide bonds. The molecule has 0 heterocycles. The van der Waals surface area contributed by atoms with E-state index < -0.39 is 6.03 Å². The van der Waals surface area contributed by atoms with Crippen molar-refractivity contribution < 1.29 is 9.53 Å². The Balaban J connectivity index is 2.78. The van der Waals surface area contributed by atoms with E-state index in [1.807, 2.05) is 38.1 Å². The van der Waals surface area contributed by atoms with Gasteiger partial charge < -0.3 is 10.5 Å². The summed E-state index contributed by atoms with van der Waals surface area (Å²) in [5.41, 5.74) is 7.79. The fourth-order valence-corrected chi connectivity index (χ4v) is 1.11. The predicted octanol–water partition coefficient (Wildman–Crippen LogP) is 1.48. The molecule has 0 saturated carbocycles. The lowest BCUT2D eigenvalue weighted by molar-refractivity contribution is 0.242. The summed E-state index contributed by atoms with van der Waals surface area (Å²) in [6.07, 6.45) is 1.57. The maximum Gasteiger partial charge on any atom is 0.332 e. The predicted molar refractivity (Wildman–Crippen MR) is 62.5 cm³/mol. The number of rotatable bonds is 4. The summed E-state index contributed by atoms with van der Waals surface area (Å²) >= 11 is 0. The van der Waals surface area contributed by atoms with Crippen LogP contribution in [0.1, 0.15) is 19.4 Å². The smallest absolute Gasteiger partial charge is 0.332 e. The molecule has 0 saturated heterocycles. The Morgan fingerprint density at radius 3 is 2.81 bits per heavy atom. The van der Waals surface area contributed by atoms with Gasteiger partial charge in [0.1, 0.15) is 5.75 Å². The van der Waals surface area contributed by atoms with Crippen molar-refractivity contribution in [2.75, 3.05) is 0 Å². The number of hydrogen-bond acceptors (Lipinski definition) is 3. The first-order chi connectivity index (χ1) is 7.59. The number of para-hydroxylation sites is 1. The highest BCUT2D eigenvalue weighted by atomic mass is 16.5. The first-order valence-electron chi connectivity index (χ1n) is 4.94. The number of carbonyl (C=O) groups excluding carboxylic acids is 1. The molecule has 86 valence electrons. The second kappa shape index (κ2) is 5.75. The molecule has 0 aliphatic rings. The lowest BCUT2D eigenvalue weighted by Crippen LogP contribution is -2.24. The molecule has 3 N–H and O–H groups in total. The van der Waals surface area contributed by atoms with Crippen molar-refractivity contribution in [3.8, 4) is 5.75 Å². The number of nitrogens with one attached hydrogen (secondary N) is 1. The Bertz CT molecular complexity index is 389. The summed E-state index contributed by atoms with van der Waals surface area (Å²) in [7, 11) is 0. The van der Waals surface area contributed by atoms with Gasteiger partial charge in [0.15, 0.2) is 0 Å². The van der Waals surface area contributed by atoms with Crippen LogP contribution in [0.5, 0.6) is 5.75 Å². The Morgan fingerprint density at radius 2 is 2.19 bits per heavy atom. The Kier molecular flexibility index (Phi) is 4.32. The number of nitrogens with two attached hydrogens (primary N) is 1. The molecule has 0 radical (unpaired) electrons. The molecule has 0 aliphatic carbocycles. The van der Waals surface area contributed by atoms with E-state index in [0.717, 1.165) is 5.56 Å². The lowest BCUT2D eigenvalue weighted by atomic mass is 10.2. The van der Waals surface area contributed by atoms with Gasteiger partial charge in [-0.3, -0.25) is 0 Å². The molecule has 1 aromatic rings. The van der Waals surface area contributed by atoms with Gasteiger partial charge in [-0.15, -0.1) is 0 Å². The number of amides is 2. The SMILES string of the molecule is CC(C)Oc1ccccc1/C=N/NC(N)=O. The summed E-state index contributed by atoms with van der Waals surface area (Å²) in [5, 5.41) is 3.68. The van der Waals surface area contributed by atoms with Gasteiger partial charge in [-0.25, -0.2) is 10.2 Å². The molecule has 0 atom stereocenters. The Morgan fingerprint density at radius 1 is 1.50 bits per heavy atom. The van der Waals surface area contributed by atoms with E-state index in [0.29, 0.717) is 5.75 Å². The van der Waals surface area contributed by atoms with Gasteiger partial charge in [0, 0.05) is 5.56 Å². The van der Waals surface area contributed by atoms with Crippen molar-refractivity contribution in [1.29, 1.82) is 0 Å². The minimum Gasteiger partial charge on any atom is -0.490 e. The molecule has 0 spiro atoms. The molecule has 5 nitrogen and oxygen atoms in total. The molecule has 0 fully saturated rings. The number of primary amides is 1. The van der Waals surface area contributed by atoms with Gasteiger partial charge in [0.2, 0.25) is 0 Å². The number of carbonyl (C=O) groups is 1. The third-order valence-electron chi connectivity index (χ3n) is 1.66. The van der Waals surface area contributed by atoms with Crippen LogP contribution in [0.15, 0.2) is 29.4 Å². The average molecular weight is 221 g/mol. The van der Waals surface area contributed by atoms with Crippen molar-refractivity contribution in [3.63, 3.8) is 0 Å². The molecule has 1 aromatic carbocycles. The van der Waals surface area contributed by atoms with Gasteiger partial charge >= 0.3 is 6.03 Å². The van der Waals surface area contributed by atoms with E-state index in [1.54, 1.807) is 0 Å². The lowest BCUT2D eigenvalue weighted by Gasteiger charge is -2.11. The van der Waals surface area contributed by atoms with Crippen LogP contribution >= 0.6 is 0 Å². The molecule has 0 aliphatic heterocycles. The largest absolute Gasteiger partial charge is 0.490 e. The first kappa shape index (κ1) is 12.0. The van der Waals surface area contributed by atoms with Crippen LogP contribution in [-0.2, 0) is 0 Å². The number of benzene rings is 1. The van der Waals surface area contributed by atoms with E-state index >= 15 is 0 Å². The van der Waals surface area contributed by atoms with Crippen LogP contribution in [-0.4, -0.2) is 18.3 Å². The third kappa shape index (κ3) is 4.00. The van der Waals surface area contributed by atoms with E-state index in [1.165, 1.54) is 6.21 Å². The summed E-state index contributed by atoms with van der Waals surface area (Å²) in [4.78, 5) is 10.4. The Labute approximate surface area is 94.3 Å². The van der Waals surface area contributed by atoms with E-state index in [9.17, 15) is 4.79 Å². The monoisotopic (exact) mass is 221 g/mol. The normalized spacial score (nSPS) is 10.7. The average Bonchev–Trinajstić information content (AvgIpc) is 2.19. The number of ether oxygens (including phenoxy) is 1. The van der Waals surface area contributed by atoms with E-state index in [-0.39, 0.29) is 6.10 Å². The fraction of sp³-hybridized carbons (Fsp3) is 0.273. The van der Waals surface area contributed by atoms with Crippen molar-refractivity contribution in [1.82, 2.24) is 5.43 Å². The zero-order valence-electron chi connectivity index (χ0n) is 9.31. The van der Waals surface area contributed by atoms with Gasteiger partial charge in [-0.1, -0.05) is 12.1 Å². The maximum absolute atomic E-state index is 10.4. The van der Waals surface area contributed by atoms with Crippen molar-refractivity contribution in [2.24, 2.45) is 10.8 Å². The minimum absolute atomic E-state index is 0.0821. The fourth-order valence-electron chi connectivity index (χ4n) is 1.11. The zero-order chi connectivity index (χ0) is 12.0. The molecule has 0 aromatic heterocycles. The first-order valence-corrected chi connectivity index (χ1v) is 4.94. The van der Waals surface area contributed by atoms with Gasteiger partial charge in [-0.2, -0.15) is 5.10 Å². The van der Waals surface area contributed by atoms with Crippen molar-refractivity contribution in [2.45, 2.75) is 20.0 Å². The van der Waals surface area contributed by atoms with Crippen LogP contribution in [0.25, 0.3) is 0 Å². The number of urea groups is 1. The third-order valence-corrected chi connectivity index (χ3v) is 1.66. The van der Waals surface area contributed by atoms with Crippen LogP contribution in [0, 0.1) is 0 Å². The maximum atomic E-state index is 10.4. The second-order valence-electron chi connectivity index (χ2n) is 3.44. The number of hydrogen-bond donors (Lipinski definition) is 2. The molecular weight excluding hydrogens is 206 g/mol. The molecule has 1 rings (SSSR count). The van der Waals surface area contributed by atoms with Crippen molar-refractivity contribution in [3.05, 3.63) is 29.8 Å². The molecule has 0 bridgehead atoms. The molecule has 5 heteroatoms. The highest BCUT2D eigenvalue weighted by Gasteiger charge is 2.02.